The summed E-state index contributed by atoms with van der Waals surface area (Å²) in [7, 11) is 1.70. The van der Waals surface area contributed by atoms with Crippen molar-refractivity contribution in [2.24, 2.45) is 0 Å². The molecule has 0 N–H and O–H groups in total. The van der Waals surface area contributed by atoms with E-state index in [2.05, 4.69) is 23.2 Å². The van der Waals surface area contributed by atoms with Crippen molar-refractivity contribution in [3.63, 3.8) is 0 Å². The minimum Gasteiger partial charge on any atom is -0.382 e. The van der Waals surface area contributed by atoms with Gasteiger partial charge in [-0.1, -0.05) is 18.2 Å². The molecule has 3 heteroatoms. The third-order valence-corrected chi connectivity index (χ3v) is 3.30. The van der Waals surface area contributed by atoms with Crippen molar-refractivity contribution in [1.29, 1.82) is 0 Å². The number of methoxy groups -OCH3 is 1. The van der Waals surface area contributed by atoms with E-state index >= 15 is 0 Å². The first-order valence-electron chi connectivity index (χ1n) is 6.03. The van der Waals surface area contributed by atoms with E-state index < -0.39 is 0 Å². The van der Waals surface area contributed by atoms with Crippen LogP contribution in [0.1, 0.15) is 17.2 Å². The van der Waals surface area contributed by atoms with Crippen molar-refractivity contribution in [3.05, 3.63) is 53.9 Å². The molecule has 1 unspecified atom stereocenters. The van der Waals surface area contributed by atoms with E-state index in [1.165, 1.54) is 22.3 Å². The lowest BCUT2D eigenvalue weighted by Crippen LogP contribution is -2.03. The quantitative estimate of drug-likeness (QED) is 0.827. The predicted octanol–water partition coefficient (Wildman–Crippen LogP) is 2.97. The van der Waals surface area contributed by atoms with Crippen LogP contribution < -0.4 is 0 Å². The second kappa shape index (κ2) is 4.88. The maximum Gasteiger partial charge on any atom is 0.107 e. The molecule has 0 spiro atoms. The number of rotatable bonds is 3. The Morgan fingerprint density at radius 3 is 2.89 bits per heavy atom. The number of nitrogens with zero attached hydrogens (tertiary/aromatic N) is 1. The van der Waals surface area contributed by atoms with Gasteiger partial charge in [-0.05, 0) is 34.4 Å². The summed E-state index contributed by atoms with van der Waals surface area (Å²) in [5.41, 5.74) is 4.92. The largest absolute Gasteiger partial charge is 0.382 e. The van der Waals surface area contributed by atoms with E-state index in [1.54, 1.807) is 7.11 Å². The first kappa shape index (κ1) is 11.4. The molecule has 18 heavy (non-hydrogen) atoms. The summed E-state index contributed by atoms with van der Waals surface area (Å²) >= 11 is 0. The topological polar surface area (TPSA) is 31.4 Å². The van der Waals surface area contributed by atoms with Crippen LogP contribution in [0.2, 0.25) is 0 Å². The average Bonchev–Trinajstić information content (AvgIpc) is 2.84. The van der Waals surface area contributed by atoms with Gasteiger partial charge >= 0.3 is 0 Å². The first-order valence-corrected chi connectivity index (χ1v) is 6.03. The van der Waals surface area contributed by atoms with Gasteiger partial charge < -0.3 is 9.47 Å². The summed E-state index contributed by atoms with van der Waals surface area (Å²) < 4.78 is 11.0. The monoisotopic (exact) mass is 241 g/mol. The molecule has 3 rings (SSSR count). The van der Waals surface area contributed by atoms with Gasteiger partial charge in [-0.15, -0.1) is 0 Å². The average molecular weight is 241 g/mol. The molecule has 2 aromatic rings. The molecule has 2 heterocycles. The fraction of sp³-hybridized carbons (Fsp3) is 0.267. The van der Waals surface area contributed by atoms with Gasteiger partial charge in [0.15, 0.2) is 0 Å². The molecule has 0 saturated carbocycles. The van der Waals surface area contributed by atoms with Crippen LogP contribution in [0.25, 0.3) is 11.1 Å². The van der Waals surface area contributed by atoms with Crippen molar-refractivity contribution in [3.8, 4) is 11.1 Å². The Kier molecular flexibility index (Phi) is 3.09. The predicted molar refractivity (Wildman–Crippen MR) is 69.1 cm³/mol. The summed E-state index contributed by atoms with van der Waals surface area (Å²) in [5.74, 6) is 0. The van der Waals surface area contributed by atoms with Gasteiger partial charge in [-0.3, -0.25) is 4.98 Å². The summed E-state index contributed by atoms with van der Waals surface area (Å²) in [6.07, 6.45) is 3.70. The van der Waals surface area contributed by atoms with Crippen LogP contribution in [-0.4, -0.2) is 18.7 Å². The maximum absolute atomic E-state index is 5.79. The summed E-state index contributed by atoms with van der Waals surface area (Å²) in [5, 5.41) is 0. The van der Waals surface area contributed by atoms with Gasteiger partial charge in [0, 0.05) is 19.5 Å². The number of ether oxygens (including phenoxy) is 2. The molecule has 1 aliphatic heterocycles. The Morgan fingerprint density at radius 1 is 1.28 bits per heavy atom. The van der Waals surface area contributed by atoms with Crippen LogP contribution in [0.3, 0.4) is 0 Å². The zero-order chi connectivity index (χ0) is 12.4. The molecule has 1 aromatic carbocycles. The summed E-state index contributed by atoms with van der Waals surface area (Å²) in [6.45, 7) is 1.26. The van der Waals surface area contributed by atoms with E-state index in [9.17, 15) is 0 Å². The Hall–Kier alpha value is -1.71. The fourth-order valence-corrected chi connectivity index (χ4v) is 2.43. The normalized spacial score (nSPS) is 17.7. The van der Waals surface area contributed by atoms with Gasteiger partial charge in [-0.25, -0.2) is 0 Å². The van der Waals surface area contributed by atoms with E-state index in [0.29, 0.717) is 13.2 Å². The van der Waals surface area contributed by atoms with Crippen LogP contribution in [-0.2, 0) is 16.1 Å². The first-order chi connectivity index (χ1) is 8.90. The Balaban J connectivity index is 2.04. The molecule has 0 amide bonds. The Morgan fingerprint density at radius 2 is 2.11 bits per heavy atom. The van der Waals surface area contributed by atoms with Crippen molar-refractivity contribution in [1.82, 2.24) is 4.98 Å². The molecule has 0 radical (unpaired) electrons. The van der Waals surface area contributed by atoms with Crippen molar-refractivity contribution in [2.75, 3.05) is 13.7 Å². The summed E-state index contributed by atoms with van der Waals surface area (Å²) in [4.78, 5) is 4.06. The molecule has 92 valence electrons. The number of aromatic nitrogens is 1. The Bertz CT molecular complexity index is 539. The highest BCUT2D eigenvalue weighted by molar-refractivity contribution is 5.69. The second-order valence-corrected chi connectivity index (χ2v) is 4.36. The van der Waals surface area contributed by atoms with Crippen LogP contribution in [0.5, 0.6) is 0 Å². The van der Waals surface area contributed by atoms with Crippen LogP contribution in [0.4, 0.5) is 0 Å². The standard InChI is InChI=1S/C15H15NO2/c1-17-10-15-13-4-2-3-12(14(13)9-18-15)11-5-7-16-8-6-11/h2-8,15H,9-10H2,1H3. The lowest BCUT2D eigenvalue weighted by atomic mass is 9.96. The SMILES string of the molecule is COCC1OCc2c(-c3ccncc3)cccc21. The van der Waals surface area contributed by atoms with Gasteiger partial charge in [0.25, 0.3) is 0 Å². The summed E-state index contributed by atoms with van der Waals surface area (Å²) in [6, 6.07) is 10.4. The highest BCUT2D eigenvalue weighted by Gasteiger charge is 2.25. The molecular formula is C15H15NO2. The Labute approximate surface area is 106 Å². The minimum absolute atomic E-state index is 0.0618. The van der Waals surface area contributed by atoms with Gasteiger partial charge in [-0.2, -0.15) is 0 Å². The molecule has 0 saturated heterocycles. The van der Waals surface area contributed by atoms with Crippen LogP contribution in [0, 0.1) is 0 Å². The van der Waals surface area contributed by atoms with E-state index in [4.69, 9.17) is 9.47 Å². The van der Waals surface area contributed by atoms with Gasteiger partial charge in [0.2, 0.25) is 0 Å². The number of hydrogen-bond donors (Lipinski definition) is 0. The molecule has 3 nitrogen and oxygen atoms in total. The number of hydrogen-bond acceptors (Lipinski definition) is 3. The van der Waals surface area contributed by atoms with Crippen molar-refractivity contribution < 1.29 is 9.47 Å². The van der Waals surface area contributed by atoms with Gasteiger partial charge in [0.05, 0.1) is 13.2 Å². The highest BCUT2D eigenvalue weighted by Crippen LogP contribution is 2.36. The fourth-order valence-electron chi connectivity index (χ4n) is 2.43. The van der Waals surface area contributed by atoms with E-state index in [-0.39, 0.29) is 6.10 Å². The lowest BCUT2D eigenvalue weighted by molar-refractivity contribution is 0.00713. The number of fused-ring (bicyclic) bond motifs is 1. The van der Waals surface area contributed by atoms with E-state index in [1.807, 2.05) is 24.5 Å². The molecule has 1 aromatic heterocycles. The molecule has 0 bridgehead atoms. The van der Waals surface area contributed by atoms with Crippen molar-refractivity contribution in [2.45, 2.75) is 12.7 Å². The lowest BCUT2D eigenvalue weighted by Gasteiger charge is -2.10. The second-order valence-electron chi connectivity index (χ2n) is 4.36. The minimum atomic E-state index is 0.0618. The van der Waals surface area contributed by atoms with Gasteiger partial charge in [0.1, 0.15) is 6.10 Å². The zero-order valence-electron chi connectivity index (χ0n) is 10.3. The molecule has 0 fully saturated rings. The number of pyridine rings is 1. The molecular weight excluding hydrogens is 226 g/mol. The molecule has 1 atom stereocenters. The molecule has 0 aliphatic carbocycles. The van der Waals surface area contributed by atoms with Crippen molar-refractivity contribution >= 4 is 0 Å². The number of benzene rings is 1. The van der Waals surface area contributed by atoms with Crippen LogP contribution >= 0.6 is 0 Å². The molecule has 1 aliphatic rings. The van der Waals surface area contributed by atoms with E-state index in [0.717, 1.165) is 0 Å². The smallest absolute Gasteiger partial charge is 0.107 e. The third kappa shape index (κ3) is 1.92. The van der Waals surface area contributed by atoms with Crippen LogP contribution in [0.15, 0.2) is 42.7 Å². The maximum atomic E-state index is 5.79. The highest BCUT2D eigenvalue weighted by atomic mass is 16.5. The third-order valence-electron chi connectivity index (χ3n) is 3.30. The zero-order valence-corrected chi connectivity index (χ0v) is 10.3.